The maximum absolute atomic E-state index is 5.61. The molecule has 5 N–H and O–H groups in total. The number of aromatic nitrogens is 4. The summed E-state index contributed by atoms with van der Waals surface area (Å²) in [5.74, 6) is 6.64. The maximum Gasteiger partial charge on any atom is 0.243 e. The van der Waals surface area contributed by atoms with Gasteiger partial charge in [0.25, 0.3) is 0 Å². The number of benzene rings is 1. The van der Waals surface area contributed by atoms with E-state index in [1.165, 1.54) is 4.52 Å². The number of nitrogens with zero attached hydrogens (tertiary/aromatic N) is 4. The van der Waals surface area contributed by atoms with Crippen molar-refractivity contribution in [3.8, 4) is 17.0 Å². The largest absolute Gasteiger partial charge is 0.497 e. The number of hydrazine groups is 1. The Morgan fingerprint density at radius 3 is 2.60 bits per heavy atom. The van der Waals surface area contributed by atoms with Crippen LogP contribution < -0.4 is 21.7 Å². The van der Waals surface area contributed by atoms with Gasteiger partial charge < -0.3 is 10.5 Å². The van der Waals surface area contributed by atoms with Crippen molar-refractivity contribution in [3.63, 3.8) is 0 Å². The molecule has 0 aliphatic rings. The number of hydrogen-bond donors (Lipinski definition) is 3. The van der Waals surface area contributed by atoms with Crippen LogP contribution in [0.1, 0.15) is 0 Å². The fourth-order valence-electron chi connectivity index (χ4n) is 1.90. The molecule has 0 fully saturated rings. The second kappa shape index (κ2) is 4.67. The molecule has 0 aliphatic carbocycles. The molecule has 0 bridgehead atoms. The summed E-state index contributed by atoms with van der Waals surface area (Å²) in [5, 5.41) is 4.40. The normalized spacial score (nSPS) is 10.7. The summed E-state index contributed by atoms with van der Waals surface area (Å²) in [6.45, 7) is 0. The molecule has 0 radical (unpaired) electrons. The topological polar surface area (TPSA) is 116 Å². The quantitative estimate of drug-likeness (QED) is 0.473. The van der Waals surface area contributed by atoms with Gasteiger partial charge in [-0.25, -0.2) is 5.84 Å². The molecule has 0 saturated heterocycles. The fourth-order valence-corrected chi connectivity index (χ4v) is 1.90. The Morgan fingerprint density at radius 2 is 1.95 bits per heavy atom. The molecule has 8 nitrogen and oxygen atoms in total. The molecule has 8 heteroatoms. The molecule has 2 aromatic heterocycles. The first-order chi connectivity index (χ1) is 9.71. The van der Waals surface area contributed by atoms with Crippen molar-refractivity contribution in [2.75, 3.05) is 18.3 Å². The second-order valence-electron chi connectivity index (χ2n) is 4.08. The van der Waals surface area contributed by atoms with E-state index in [2.05, 4.69) is 20.5 Å². The minimum Gasteiger partial charge on any atom is -0.497 e. The lowest BCUT2D eigenvalue weighted by atomic mass is 10.1. The number of hydrogen-bond acceptors (Lipinski definition) is 7. The van der Waals surface area contributed by atoms with Gasteiger partial charge in [0.15, 0.2) is 5.65 Å². The molecule has 102 valence electrons. The van der Waals surface area contributed by atoms with Gasteiger partial charge in [-0.15, -0.1) is 0 Å². The van der Waals surface area contributed by atoms with E-state index in [9.17, 15) is 0 Å². The molecular formula is C12H13N7O. The Kier molecular flexibility index (Phi) is 2.84. The van der Waals surface area contributed by atoms with Crippen LogP contribution in [0.5, 0.6) is 5.75 Å². The summed E-state index contributed by atoms with van der Waals surface area (Å²) >= 11 is 0. The minimum absolute atomic E-state index is 0.131. The summed E-state index contributed by atoms with van der Waals surface area (Å²) in [6, 6.07) is 9.35. The Morgan fingerprint density at radius 1 is 1.20 bits per heavy atom. The van der Waals surface area contributed by atoms with Crippen molar-refractivity contribution in [2.45, 2.75) is 0 Å². The van der Waals surface area contributed by atoms with E-state index < -0.39 is 0 Å². The number of rotatable bonds is 3. The zero-order valence-electron chi connectivity index (χ0n) is 10.7. The fraction of sp³-hybridized carbons (Fsp3) is 0.0833. The van der Waals surface area contributed by atoms with Crippen molar-refractivity contribution >= 4 is 17.5 Å². The van der Waals surface area contributed by atoms with Gasteiger partial charge in [0, 0.05) is 11.6 Å². The first-order valence-electron chi connectivity index (χ1n) is 5.85. The average Bonchev–Trinajstić information content (AvgIpc) is 2.90. The van der Waals surface area contributed by atoms with E-state index in [4.69, 9.17) is 16.3 Å². The van der Waals surface area contributed by atoms with Gasteiger partial charge in [-0.2, -0.15) is 19.6 Å². The Bertz CT molecular complexity index is 750. The van der Waals surface area contributed by atoms with Crippen molar-refractivity contribution in [1.82, 2.24) is 19.6 Å². The first-order valence-corrected chi connectivity index (χ1v) is 5.85. The zero-order valence-corrected chi connectivity index (χ0v) is 10.7. The average molecular weight is 271 g/mol. The summed E-state index contributed by atoms with van der Waals surface area (Å²) in [4.78, 5) is 8.08. The van der Waals surface area contributed by atoms with Gasteiger partial charge in [0.2, 0.25) is 11.9 Å². The number of anilines is 2. The standard InChI is InChI=1S/C12H13N7O/c1-20-8-4-2-7(3-5-8)9-6-10-15-11(13)16-12(17-14)19(10)18-9/h2-6H,14H2,1H3,(H3,13,15,16,17). The molecule has 2 heterocycles. The van der Waals surface area contributed by atoms with Gasteiger partial charge in [0.1, 0.15) is 5.75 Å². The molecular weight excluding hydrogens is 258 g/mol. The van der Waals surface area contributed by atoms with Crippen LogP contribution in [-0.2, 0) is 0 Å². The number of fused-ring (bicyclic) bond motifs is 1. The predicted octanol–water partition coefficient (Wildman–Crippen LogP) is 0.668. The van der Waals surface area contributed by atoms with E-state index >= 15 is 0 Å². The second-order valence-corrected chi connectivity index (χ2v) is 4.08. The molecule has 3 aromatic rings. The Balaban J connectivity index is 2.12. The smallest absolute Gasteiger partial charge is 0.243 e. The van der Waals surface area contributed by atoms with Crippen LogP contribution in [0.25, 0.3) is 16.9 Å². The molecule has 0 spiro atoms. The zero-order chi connectivity index (χ0) is 14.1. The van der Waals surface area contributed by atoms with Crippen molar-refractivity contribution in [2.24, 2.45) is 5.84 Å². The maximum atomic E-state index is 5.61. The molecule has 3 rings (SSSR count). The van der Waals surface area contributed by atoms with Crippen molar-refractivity contribution in [3.05, 3.63) is 30.3 Å². The number of ether oxygens (including phenoxy) is 1. The third-order valence-electron chi connectivity index (χ3n) is 2.86. The Labute approximate surface area is 114 Å². The van der Waals surface area contributed by atoms with E-state index in [-0.39, 0.29) is 5.95 Å². The Hall–Kier alpha value is -2.87. The summed E-state index contributed by atoms with van der Waals surface area (Å²) in [5.41, 5.74) is 10.3. The van der Waals surface area contributed by atoms with E-state index in [0.29, 0.717) is 11.6 Å². The molecule has 0 amide bonds. The predicted molar refractivity (Wildman–Crippen MR) is 75.0 cm³/mol. The first kappa shape index (κ1) is 12.2. The van der Waals surface area contributed by atoms with Crippen LogP contribution in [0.15, 0.2) is 30.3 Å². The van der Waals surface area contributed by atoms with Crippen LogP contribution in [0.2, 0.25) is 0 Å². The van der Waals surface area contributed by atoms with Crippen LogP contribution in [-0.4, -0.2) is 26.7 Å². The number of nitrogen functional groups attached to an aromatic ring is 2. The van der Waals surface area contributed by atoms with Crippen LogP contribution in [0, 0.1) is 0 Å². The number of nitrogens with one attached hydrogen (secondary N) is 1. The summed E-state index contributed by atoms with van der Waals surface area (Å²) < 4.78 is 6.62. The van der Waals surface area contributed by atoms with Crippen LogP contribution in [0.3, 0.4) is 0 Å². The van der Waals surface area contributed by atoms with Gasteiger partial charge in [-0.3, -0.25) is 5.43 Å². The highest BCUT2D eigenvalue weighted by Crippen LogP contribution is 2.23. The molecule has 0 aliphatic heterocycles. The SMILES string of the molecule is COc1ccc(-c2cc3nc(N)nc(NN)n3n2)cc1. The highest BCUT2D eigenvalue weighted by molar-refractivity contribution is 5.66. The summed E-state index contributed by atoms with van der Waals surface area (Å²) in [6.07, 6.45) is 0. The third-order valence-corrected chi connectivity index (χ3v) is 2.86. The van der Waals surface area contributed by atoms with Crippen molar-refractivity contribution in [1.29, 1.82) is 0 Å². The summed E-state index contributed by atoms with van der Waals surface area (Å²) in [7, 11) is 1.62. The highest BCUT2D eigenvalue weighted by Gasteiger charge is 2.10. The van der Waals surface area contributed by atoms with E-state index in [0.717, 1.165) is 17.0 Å². The lowest BCUT2D eigenvalue weighted by Crippen LogP contribution is -2.15. The monoisotopic (exact) mass is 271 g/mol. The minimum atomic E-state index is 0.131. The van der Waals surface area contributed by atoms with Crippen LogP contribution in [0.4, 0.5) is 11.9 Å². The molecule has 0 saturated carbocycles. The lowest BCUT2D eigenvalue weighted by molar-refractivity contribution is 0.415. The molecule has 1 aromatic carbocycles. The third kappa shape index (κ3) is 1.97. The van der Waals surface area contributed by atoms with Crippen LogP contribution >= 0.6 is 0 Å². The molecule has 0 unspecified atom stereocenters. The highest BCUT2D eigenvalue weighted by atomic mass is 16.5. The van der Waals surface area contributed by atoms with E-state index in [1.54, 1.807) is 13.2 Å². The molecule has 20 heavy (non-hydrogen) atoms. The van der Waals surface area contributed by atoms with Gasteiger partial charge in [-0.1, -0.05) is 0 Å². The van der Waals surface area contributed by atoms with Gasteiger partial charge in [0.05, 0.1) is 12.8 Å². The number of nitrogens with two attached hydrogens (primary N) is 2. The lowest BCUT2D eigenvalue weighted by Gasteiger charge is -2.02. The van der Waals surface area contributed by atoms with Gasteiger partial charge in [-0.05, 0) is 24.3 Å². The number of methoxy groups -OCH3 is 1. The van der Waals surface area contributed by atoms with E-state index in [1.807, 2.05) is 24.3 Å². The van der Waals surface area contributed by atoms with Gasteiger partial charge >= 0.3 is 0 Å². The van der Waals surface area contributed by atoms with Crippen molar-refractivity contribution < 1.29 is 4.74 Å². The molecule has 0 atom stereocenters.